The Morgan fingerprint density at radius 1 is 1.00 bits per heavy atom. The van der Waals surface area contributed by atoms with Gasteiger partial charge < -0.3 is 10.1 Å². The summed E-state index contributed by atoms with van der Waals surface area (Å²) in [4.78, 5) is 28.9. The van der Waals surface area contributed by atoms with Crippen molar-refractivity contribution in [1.82, 2.24) is 5.32 Å². The SMILES string of the molecule is O=C1NC(=NC(=O)c2ccccc2)S/C1=C\c1ccc(OCc2ccc(I)cc2)cc1. The smallest absolute Gasteiger partial charge is 0.279 e. The third-order valence-electron chi connectivity index (χ3n) is 4.37. The molecule has 7 heteroatoms. The van der Waals surface area contributed by atoms with E-state index in [1.165, 1.54) is 3.57 Å². The zero-order chi connectivity index (χ0) is 21.6. The van der Waals surface area contributed by atoms with Crippen LogP contribution in [0.1, 0.15) is 21.5 Å². The number of halogens is 1. The lowest BCUT2D eigenvalue weighted by atomic mass is 10.2. The standard InChI is InChI=1S/C24H17IN2O3S/c25-19-10-6-17(7-11-19)15-30-20-12-8-16(9-13-20)14-21-23(29)27-24(31-21)26-22(28)18-4-2-1-3-5-18/h1-14H,15H2,(H,26,27,28,29)/b21-14-. The lowest BCUT2D eigenvalue weighted by Gasteiger charge is -2.07. The quantitative estimate of drug-likeness (QED) is 0.354. The van der Waals surface area contributed by atoms with Gasteiger partial charge in [-0.2, -0.15) is 4.99 Å². The Labute approximate surface area is 197 Å². The van der Waals surface area contributed by atoms with Crippen LogP contribution in [0.3, 0.4) is 0 Å². The van der Waals surface area contributed by atoms with E-state index in [9.17, 15) is 9.59 Å². The lowest BCUT2D eigenvalue weighted by molar-refractivity contribution is -0.115. The summed E-state index contributed by atoms with van der Waals surface area (Å²) in [6, 6.07) is 24.4. The molecule has 0 unspecified atom stereocenters. The number of carbonyl (C=O) groups excluding carboxylic acids is 2. The average Bonchev–Trinajstić information content (AvgIpc) is 3.13. The molecule has 0 saturated carbocycles. The van der Waals surface area contributed by atoms with E-state index < -0.39 is 0 Å². The fraction of sp³-hybridized carbons (Fsp3) is 0.0417. The maximum Gasteiger partial charge on any atom is 0.279 e. The third kappa shape index (κ3) is 5.83. The zero-order valence-electron chi connectivity index (χ0n) is 16.2. The zero-order valence-corrected chi connectivity index (χ0v) is 19.2. The van der Waals surface area contributed by atoms with Crippen LogP contribution in [-0.4, -0.2) is 17.0 Å². The Hall–Kier alpha value is -2.91. The van der Waals surface area contributed by atoms with E-state index in [2.05, 4.69) is 32.9 Å². The maximum atomic E-state index is 12.2. The molecule has 0 spiro atoms. The highest BCUT2D eigenvalue weighted by Gasteiger charge is 2.24. The second-order valence-electron chi connectivity index (χ2n) is 6.64. The third-order valence-corrected chi connectivity index (χ3v) is 6.00. The summed E-state index contributed by atoms with van der Waals surface area (Å²) in [5.74, 6) is 0.0860. The second kappa shape index (κ2) is 9.93. The van der Waals surface area contributed by atoms with Gasteiger partial charge in [-0.1, -0.05) is 42.5 Å². The summed E-state index contributed by atoms with van der Waals surface area (Å²) in [6.07, 6.45) is 1.76. The van der Waals surface area contributed by atoms with Crippen molar-refractivity contribution in [3.05, 3.63) is 104 Å². The molecule has 1 N–H and O–H groups in total. The van der Waals surface area contributed by atoms with Crippen molar-refractivity contribution in [1.29, 1.82) is 0 Å². The monoisotopic (exact) mass is 540 g/mol. The predicted octanol–water partition coefficient (Wildman–Crippen LogP) is 5.27. The number of hydrogen-bond donors (Lipinski definition) is 1. The minimum absolute atomic E-state index is 0.274. The minimum atomic E-state index is -0.390. The molecule has 0 aliphatic carbocycles. The van der Waals surface area contributed by atoms with Crippen LogP contribution in [0.15, 0.2) is 88.8 Å². The van der Waals surface area contributed by atoms with E-state index in [0.29, 0.717) is 17.1 Å². The molecular formula is C24H17IN2O3S. The summed E-state index contributed by atoms with van der Waals surface area (Å²) in [5, 5.41) is 2.92. The van der Waals surface area contributed by atoms with Crippen LogP contribution >= 0.6 is 34.4 Å². The Balaban J connectivity index is 1.39. The highest BCUT2D eigenvalue weighted by atomic mass is 127. The normalized spacial score (nSPS) is 15.8. The topological polar surface area (TPSA) is 67.8 Å². The molecule has 1 saturated heterocycles. The fourth-order valence-corrected chi connectivity index (χ4v) is 3.96. The van der Waals surface area contributed by atoms with Gasteiger partial charge in [0.25, 0.3) is 11.8 Å². The molecule has 0 bridgehead atoms. The van der Waals surface area contributed by atoms with Gasteiger partial charge >= 0.3 is 0 Å². The Bertz CT molecular complexity index is 1160. The van der Waals surface area contributed by atoms with E-state index in [-0.39, 0.29) is 17.0 Å². The molecule has 3 aromatic rings. The van der Waals surface area contributed by atoms with Crippen LogP contribution in [0, 0.1) is 3.57 Å². The summed E-state index contributed by atoms with van der Waals surface area (Å²) in [6.45, 7) is 0.491. The van der Waals surface area contributed by atoms with Crippen molar-refractivity contribution in [2.24, 2.45) is 4.99 Å². The van der Waals surface area contributed by atoms with E-state index in [0.717, 1.165) is 28.6 Å². The van der Waals surface area contributed by atoms with Crippen LogP contribution in [0.2, 0.25) is 0 Å². The van der Waals surface area contributed by atoms with Crippen molar-refractivity contribution >= 4 is 57.4 Å². The van der Waals surface area contributed by atoms with E-state index in [1.54, 1.807) is 30.3 Å². The van der Waals surface area contributed by atoms with Crippen molar-refractivity contribution in [3.8, 4) is 5.75 Å². The van der Waals surface area contributed by atoms with E-state index in [4.69, 9.17) is 4.74 Å². The van der Waals surface area contributed by atoms with Crippen LogP contribution in [0.4, 0.5) is 0 Å². The van der Waals surface area contributed by atoms with Crippen molar-refractivity contribution < 1.29 is 14.3 Å². The molecule has 0 aromatic heterocycles. The van der Waals surface area contributed by atoms with Gasteiger partial charge in [-0.15, -0.1) is 0 Å². The van der Waals surface area contributed by atoms with Crippen LogP contribution in [0.25, 0.3) is 6.08 Å². The van der Waals surface area contributed by atoms with Gasteiger partial charge in [0.05, 0.1) is 4.91 Å². The van der Waals surface area contributed by atoms with Gasteiger partial charge in [-0.05, 0) is 88.0 Å². The van der Waals surface area contributed by atoms with E-state index in [1.807, 2.05) is 54.6 Å². The van der Waals surface area contributed by atoms with Gasteiger partial charge in [0.15, 0.2) is 5.17 Å². The summed E-state index contributed by atoms with van der Waals surface area (Å²) in [7, 11) is 0. The second-order valence-corrected chi connectivity index (χ2v) is 8.91. The maximum absolute atomic E-state index is 12.2. The molecule has 1 heterocycles. The number of amides is 2. The summed E-state index contributed by atoms with van der Waals surface area (Å²) in [5.41, 5.74) is 2.43. The number of benzene rings is 3. The first-order chi connectivity index (χ1) is 15.1. The molecule has 31 heavy (non-hydrogen) atoms. The van der Waals surface area contributed by atoms with Crippen LogP contribution in [0.5, 0.6) is 5.75 Å². The van der Waals surface area contributed by atoms with E-state index >= 15 is 0 Å². The Kier molecular flexibility index (Phi) is 6.83. The molecule has 1 aliphatic heterocycles. The number of amidine groups is 1. The van der Waals surface area contributed by atoms with Crippen molar-refractivity contribution in [2.45, 2.75) is 6.61 Å². The summed E-state index contributed by atoms with van der Waals surface area (Å²) >= 11 is 3.42. The molecule has 4 rings (SSSR count). The van der Waals surface area contributed by atoms with Gasteiger partial charge in [0, 0.05) is 9.13 Å². The first-order valence-electron chi connectivity index (χ1n) is 9.43. The molecule has 0 radical (unpaired) electrons. The first-order valence-corrected chi connectivity index (χ1v) is 11.3. The van der Waals surface area contributed by atoms with Gasteiger partial charge in [0.2, 0.25) is 0 Å². The molecule has 2 amide bonds. The first kappa shape index (κ1) is 21.3. The highest BCUT2D eigenvalue weighted by molar-refractivity contribution is 14.1. The molecule has 1 aliphatic rings. The highest BCUT2D eigenvalue weighted by Crippen LogP contribution is 2.27. The molecule has 1 fully saturated rings. The molecule has 5 nitrogen and oxygen atoms in total. The number of carbonyl (C=O) groups is 2. The van der Waals surface area contributed by atoms with Crippen LogP contribution < -0.4 is 10.1 Å². The number of thioether (sulfide) groups is 1. The number of hydrogen-bond acceptors (Lipinski definition) is 4. The predicted molar refractivity (Wildman–Crippen MR) is 132 cm³/mol. The Morgan fingerprint density at radius 3 is 2.42 bits per heavy atom. The number of aliphatic imine (C=N–C) groups is 1. The molecule has 3 aromatic carbocycles. The largest absolute Gasteiger partial charge is 0.489 e. The number of ether oxygens (including phenoxy) is 1. The molecular weight excluding hydrogens is 523 g/mol. The summed E-state index contributed by atoms with van der Waals surface area (Å²) < 4.78 is 7.00. The van der Waals surface area contributed by atoms with Crippen molar-refractivity contribution in [2.75, 3.05) is 0 Å². The molecule has 0 atom stereocenters. The minimum Gasteiger partial charge on any atom is -0.489 e. The fourth-order valence-electron chi connectivity index (χ4n) is 2.78. The number of nitrogens with one attached hydrogen (secondary N) is 1. The lowest BCUT2D eigenvalue weighted by Crippen LogP contribution is -2.20. The van der Waals surface area contributed by atoms with Gasteiger partial charge in [0.1, 0.15) is 12.4 Å². The average molecular weight is 540 g/mol. The number of nitrogens with zero attached hydrogens (tertiary/aromatic N) is 1. The van der Waals surface area contributed by atoms with Crippen LogP contribution in [-0.2, 0) is 11.4 Å². The Morgan fingerprint density at radius 2 is 1.71 bits per heavy atom. The van der Waals surface area contributed by atoms with Gasteiger partial charge in [-0.3, -0.25) is 9.59 Å². The van der Waals surface area contributed by atoms with Gasteiger partial charge in [-0.25, -0.2) is 0 Å². The number of rotatable bonds is 5. The van der Waals surface area contributed by atoms with Crippen molar-refractivity contribution in [3.63, 3.8) is 0 Å². The molecule has 154 valence electrons.